The maximum absolute atomic E-state index is 13.6. The van der Waals surface area contributed by atoms with Gasteiger partial charge in [0.05, 0.1) is 5.75 Å². The van der Waals surface area contributed by atoms with Gasteiger partial charge in [0.2, 0.25) is 11.8 Å². The maximum atomic E-state index is 13.6. The van der Waals surface area contributed by atoms with Crippen LogP contribution in [0.1, 0.15) is 30.5 Å². The zero-order chi connectivity index (χ0) is 25.2. The summed E-state index contributed by atoms with van der Waals surface area (Å²) in [6.07, 6.45) is 0.457. The van der Waals surface area contributed by atoms with Crippen molar-refractivity contribution in [2.24, 2.45) is 0 Å². The first-order chi connectivity index (χ1) is 16.8. The zero-order valence-corrected chi connectivity index (χ0v) is 23.9. The Morgan fingerprint density at radius 1 is 0.829 bits per heavy atom. The topological polar surface area (TPSA) is 49.4 Å². The third-order valence-electron chi connectivity index (χ3n) is 5.38. The molecule has 0 bridgehead atoms. The molecule has 0 unspecified atom stereocenters. The van der Waals surface area contributed by atoms with Crippen molar-refractivity contribution < 1.29 is 9.59 Å². The molecule has 0 radical (unpaired) electrons. The minimum absolute atomic E-state index is 0.0165. The number of hydrogen-bond acceptors (Lipinski definition) is 3. The molecule has 1 atom stereocenters. The van der Waals surface area contributed by atoms with Gasteiger partial charge >= 0.3 is 0 Å². The Bertz CT molecular complexity index is 1090. The summed E-state index contributed by atoms with van der Waals surface area (Å²) in [5.74, 6) is 0.849. The molecular weight excluding hydrogens is 588 g/mol. The number of hydrogen-bond donors (Lipinski definition) is 1. The Balaban J connectivity index is 1.83. The normalized spacial score (nSPS) is 11.8. The molecule has 35 heavy (non-hydrogen) atoms. The molecule has 0 aliphatic rings. The van der Waals surface area contributed by atoms with E-state index in [1.807, 2.05) is 80.6 Å². The van der Waals surface area contributed by atoms with E-state index in [0.29, 0.717) is 18.7 Å². The van der Waals surface area contributed by atoms with E-state index in [9.17, 15) is 9.59 Å². The van der Waals surface area contributed by atoms with Gasteiger partial charge in [0.15, 0.2) is 0 Å². The molecule has 3 rings (SSSR count). The van der Waals surface area contributed by atoms with Crippen LogP contribution < -0.4 is 5.32 Å². The number of carbonyl (C=O) groups is 2. The van der Waals surface area contributed by atoms with Crippen LogP contribution in [0.15, 0.2) is 87.8 Å². The lowest BCUT2D eigenvalue weighted by Gasteiger charge is -2.32. The van der Waals surface area contributed by atoms with Gasteiger partial charge in [0, 0.05) is 33.7 Å². The molecule has 184 valence electrons. The summed E-state index contributed by atoms with van der Waals surface area (Å²) in [5, 5.41) is 3.03. The summed E-state index contributed by atoms with van der Waals surface area (Å²) in [6.45, 7) is 4.24. The molecule has 3 aromatic rings. The third kappa shape index (κ3) is 9.13. The van der Waals surface area contributed by atoms with Crippen LogP contribution in [0.3, 0.4) is 0 Å². The second-order valence-electron chi connectivity index (χ2n) is 8.64. The van der Waals surface area contributed by atoms with Gasteiger partial charge in [0.25, 0.3) is 0 Å². The van der Waals surface area contributed by atoms with Crippen LogP contribution in [0.4, 0.5) is 0 Å². The number of nitrogens with zero attached hydrogens (tertiary/aromatic N) is 1. The van der Waals surface area contributed by atoms with Gasteiger partial charge in [-0.3, -0.25) is 9.59 Å². The molecule has 3 aromatic carbocycles. The smallest absolute Gasteiger partial charge is 0.243 e. The summed E-state index contributed by atoms with van der Waals surface area (Å²) in [7, 11) is 0. The number of nitrogens with one attached hydrogen (secondary N) is 1. The quantitative estimate of drug-likeness (QED) is 0.263. The lowest BCUT2D eigenvalue weighted by atomic mass is 10.0. The molecular formula is C28H30Br2N2O2S. The molecule has 0 spiro atoms. The molecule has 7 heteroatoms. The van der Waals surface area contributed by atoms with Crippen molar-refractivity contribution in [3.05, 3.63) is 104 Å². The highest BCUT2D eigenvalue weighted by Gasteiger charge is 2.30. The first-order valence-electron chi connectivity index (χ1n) is 11.5. The fourth-order valence-electron chi connectivity index (χ4n) is 3.64. The van der Waals surface area contributed by atoms with E-state index >= 15 is 0 Å². The third-order valence-corrected chi connectivity index (χ3v) is 7.42. The van der Waals surface area contributed by atoms with Crippen LogP contribution in [0.2, 0.25) is 0 Å². The Morgan fingerprint density at radius 3 is 1.97 bits per heavy atom. The average molecular weight is 618 g/mol. The second kappa shape index (κ2) is 13.9. The van der Waals surface area contributed by atoms with Crippen LogP contribution in [-0.4, -0.2) is 34.6 Å². The van der Waals surface area contributed by atoms with Gasteiger partial charge in [-0.15, -0.1) is 11.8 Å². The molecule has 0 fully saturated rings. The lowest BCUT2D eigenvalue weighted by molar-refractivity contribution is -0.139. The van der Waals surface area contributed by atoms with Gasteiger partial charge in [-0.1, -0.05) is 86.5 Å². The molecule has 4 nitrogen and oxygen atoms in total. The maximum Gasteiger partial charge on any atom is 0.243 e. The van der Waals surface area contributed by atoms with E-state index in [0.717, 1.165) is 31.4 Å². The van der Waals surface area contributed by atoms with Gasteiger partial charge in [0.1, 0.15) is 6.04 Å². The zero-order valence-electron chi connectivity index (χ0n) is 19.9. The monoisotopic (exact) mass is 616 g/mol. The van der Waals surface area contributed by atoms with Gasteiger partial charge in [-0.25, -0.2) is 0 Å². The average Bonchev–Trinajstić information content (AvgIpc) is 2.84. The van der Waals surface area contributed by atoms with Crippen LogP contribution in [0, 0.1) is 0 Å². The number of amides is 2. The van der Waals surface area contributed by atoms with Crippen molar-refractivity contribution in [2.75, 3.05) is 5.75 Å². The minimum atomic E-state index is -0.607. The number of carbonyl (C=O) groups excluding carboxylic acids is 2. The highest BCUT2D eigenvalue weighted by molar-refractivity contribution is 9.10. The lowest BCUT2D eigenvalue weighted by Crippen LogP contribution is -2.52. The fraction of sp³-hybridized carbons (Fsp3) is 0.286. The Labute approximate surface area is 229 Å². The number of benzene rings is 3. The first kappa shape index (κ1) is 27.5. The summed E-state index contributed by atoms with van der Waals surface area (Å²) in [4.78, 5) is 28.7. The van der Waals surface area contributed by atoms with Crippen LogP contribution in [0.5, 0.6) is 0 Å². The predicted octanol–water partition coefficient (Wildman–Crippen LogP) is 6.61. The molecule has 0 aliphatic carbocycles. The highest BCUT2D eigenvalue weighted by atomic mass is 79.9. The summed E-state index contributed by atoms with van der Waals surface area (Å²) >= 11 is 8.50. The predicted molar refractivity (Wildman–Crippen MR) is 152 cm³/mol. The van der Waals surface area contributed by atoms with Crippen molar-refractivity contribution in [1.82, 2.24) is 10.2 Å². The highest BCUT2D eigenvalue weighted by Crippen LogP contribution is 2.20. The van der Waals surface area contributed by atoms with Gasteiger partial charge in [-0.05, 0) is 54.8 Å². The van der Waals surface area contributed by atoms with Crippen molar-refractivity contribution in [2.45, 2.75) is 44.6 Å². The number of halogens is 2. The Kier molecular flexibility index (Phi) is 10.9. The van der Waals surface area contributed by atoms with Gasteiger partial charge < -0.3 is 10.2 Å². The second-order valence-corrected chi connectivity index (χ2v) is 11.5. The fourth-order valence-corrected chi connectivity index (χ4v) is 5.04. The molecule has 0 saturated carbocycles. The summed E-state index contributed by atoms with van der Waals surface area (Å²) in [6, 6.07) is 25.2. The van der Waals surface area contributed by atoms with E-state index in [1.54, 1.807) is 16.7 Å². The Hall–Kier alpha value is -2.09. The van der Waals surface area contributed by atoms with E-state index in [1.165, 1.54) is 0 Å². The summed E-state index contributed by atoms with van der Waals surface area (Å²) in [5.41, 5.74) is 3.16. The minimum Gasteiger partial charge on any atom is -0.352 e. The Morgan fingerprint density at radius 2 is 1.40 bits per heavy atom. The molecule has 0 heterocycles. The molecule has 0 saturated heterocycles. The molecule has 0 aliphatic heterocycles. The van der Waals surface area contributed by atoms with Crippen molar-refractivity contribution in [3.8, 4) is 0 Å². The number of thioether (sulfide) groups is 1. The van der Waals surface area contributed by atoms with Crippen LogP contribution in [-0.2, 0) is 28.3 Å². The van der Waals surface area contributed by atoms with Crippen LogP contribution in [0.25, 0.3) is 0 Å². The van der Waals surface area contributed by atoms with E-state index in [2.05, 4.69) is 49.3 Å². The summed E-state index contributed by atoms with van der Waals surface area (Å²) < 4.78 is 2.01. The molecule has 1 N–H and O–H groups in total. The first-order valence-corrected chi connectivity index (χ1v) is 14.3. The van der Waals surface area contributed by atoms with Crippen molar-refractivity contribution >= 4 is 55.4 Å². The van der Waals surface area contributed by atoms with Gasteiger partial charge in [-0.2, -0.15) is 0 Å². The van der Waals surface area contributed by atoms with E-state index in [4.69, 9.17) is 0 Å². The standard InChI is InChI=1S/C28H30Br2N2O2S/c1-20(2)31-28(34)26(16-21-6-4-3-5-7-21)32(17-22-8-12-24(29)13-9-22)27(33)19-35-18-23-10-14-25(30)15-11-23/h3-15,20,26H,16-19H2,1-2H3,(H,31,34)/t26-/m1/s1. The van der Waals surface area contributed by atoms with Crippen molar-refractivity contribution in [1.29, 1.82) is 0 Å². The van der Waals surface area contributed by atoms with Crippen molar-refractivity contribution in [3.63, 3.8) is 0 Å². The largest absolute Gasteiger partial charge is 0.352 e. The molecule has 2 amide bonds. The number of rotatable bonds is 11. The SMILES string of the molecule is CC(C)NC(=O)[C@@H](Cc1ccccc1)N(Cc1ccc(Br)cc1)C(=O)CSCc1ccc(Br)cc1. The van der Waals surface area contributed by atoms with Crippen LogP contribution >= 0.6 is 43.6 Å². The van der Waals surface area contributed by atoms with E-state index in [-0.39, 0.29) is 17.9 Å². The molecule has 0 aromatic heterocycles. The van der Waals surface area contributed by atoms with E-state index < -0.39 is 6.04 Å².